The average Bonchev–Trinajstić information content (AvgIpc) is 2.85. The molecule has 1 amide bonds. The molecule has 0 fully saturated rings. The molecule has 0 aromatic heterocycles. The molecule has 0 radical (unpaired) electrons. The van der Waals surface area contributed by atoms with Crippen LogP contribution in [0.4, 0.5) is 18.9 Å². The minimum absolute atomic E-state index is 0.0879. The molecule has 0 heterocycles. The van der Waals surface area contributed by atoms with Gasteiger partial charge in [-0.3, -0.25) is 4.79 Å². The van der Waals surface area contributed by atoms with E-state index in [2.05, 4.69) is 6.07 Å². The van der Waals surface area contributed by atoms with Gasteiger partial charge >= 0.3 is 12.1 Å². The lowest BCUT2D eigenvalue weighted by atomic mass is 9.92. The van der Waals surface area contributed by atoms with Gasteiger partial charge in [-0.2, -0.15) is 13.2 Å². The number of anilines is 1. The smallest absolute Gasteiger partial charge is 0.318 e. The highest BCUT2D eigenvalue weighted by Gasteiger charge is 2.38. The summed E-state index contributed by atoms with van der Waals surface area (Å²) in [7, 11) is 0. The van der Waals surface area contributed by atoms with Crippen molar-refractivity contribution in [2.24, 2.45) is 0 Å². The van der Waals surface area contributed by atoms with E-state index in [9.17, 15) is 18.0 Å². The summed E-state index contributed by atoms with van der Waals surface area (Å²) in [5.41, 5.74) is 6.16. The zero-order valence-electron chi connectivity index (χ0n) is 15.8. The van der Waals surface area contributed by atoms with Crippen molar-refractivity contribution in [3.8, 4) is 0 Å². The van der Waals surface area contributed by atoms with Crippen molar-refractivity contribution in [3.63, 3.8) is 0 Å². The van der Waals surface area contributed by atoms with Crippen LogP contribution in [0.15, 0.2) is 66.7 Å². The van der Waals surface area contributed by atoms with Gasteiger partial charge in [0.2, 0.25) is 0 Å². The van der Waals surface area contributed by atoms with Crippen LogP contribution in [-0.2, 0) is 17.6 Å². The highest BCUT2D eigenvalue weighted by molar-refractivity contribution is 6.30. The fraction of sp³-hybridized carbons (Fsp3) is 0.125. The van der Waals surface area contributed by atoms with E-state index in [0.717, 1.165) is 35.1 Å². The number of nitrogens with one attached hydrogen (secondary N) is 1. The molecule has 3 aromatic carbocycles. The van der Waals surface area contributed by atoms with Crippen molar-refractivity contribution in [2.45, 2.75) is 19.0 Å². The quantitative estimate of drug-likeness (QED) is 0.495. The van der Waals surface area contributed by atoms with Crippen LogP contribution in [0.2, 0.25) is 5.02 Å². The molecular weight excluding hydrogens is 411 g/mol. The first kappa shape index (κ1) is 20.2. The topological polar surface area (TPSA) is 29.1 Å². The lowest BCUT2D eigenvalue weighted by molar-refractivity contribution is -0.167. The number of benzene rings is 3. The Morgan fingerprint density at radius 2 is 1.63 bits per heavy atom. The summed E-state index contributed by atoms with van der Waals surface area (Å²) < 4.78 is 37.7. The van der Waals surface area contributed by atoms with Crippen LogP contribution in [0.25, 0.3) is 11.6 Å². The molecule has 4 rings (SSSR count). The highest BCUT2D eigenvalue weighted by Crippen LogP contribution is 2.36. The van der Waals surface area contributed by atoms with E-state index in [1.807, 2.05) is 47.8 Å². The predicted molar refractivity (Wildman–Crippen MR) is 113 cm³/mol. The van der Waals surface area contributed by atoms with Gasteiger partial charge in [0.15, 0.2) is 0 Å². The summed E-state index contributed by atoms with van der Waals surface area (Å²) in [6, 6.07) is 20.2. The Labute approximate surface area is 177 Å². The zero-order valence-corrected chi connectivity index (χ0v) is 16.5. The van der Waals surface area contributed by atoms with Crippen LogP contribution in [0, 0.1) is 0 Å². The molecule has 0 spiro atoms. The van der Waals surface area contributed by atoms with Crippen molar-refractivity contribution < 1.29 is 18.0 Å². The molecule has 0 saturated heterocycles. The third kappa shape index (κ3) is 4.26. The van der Waals surface area contributed by atoms with Gasteiger partial charge in [-0.05, 0) is 76.6 Å². The molecule has 152 valence electrons. The molecule has 1 N–H and O–H groups in total. The summed E-state index contributed by atoms with van der Waals surface area (Å²) in [6.45, 7) is 0. The monoisotopic (exact) mass is 427 g/mol. The average molecular weight is 428 g/mol. The number of hydrogen-bond acceptors (Lipinski definition) is 1. The largest absolute Gasteiger partial charge is 0.471 e. The molecule has 1 aliphatic carbocycles. The summed E-state index contributed by atoms with van der Waals surface area (Å²) in [5, 5.41) is 2.57. The third-order valence-corrected chi connectivity index (χ3v) is 5.28. The molecule has 0 atom stereocenters. The maximum Gasteiger partial charge on any atom is 0.471 e. The molecule has 2 nitrogen and oxygen atoms in total. The lowest BCUT2D eigenvalue weighted by Crippen LogP contribution is -2.29. The van der Waals surface area contributed by atoms with Crippen LogP contribution in [-0.4, -0.2) is 12.1 Å². The first-order valence-electron chi connectivity index (χ1n) is 9.38. The summed E-state index contributed by atoms with van der Waals surface area (Å²) in [6.07, 6.45) is -1.30. The number of amides is 1. The van der Waals surface area contributed by atoms with Gasteiger partial charge in [-0.1, -0.05) is 54.1 Å². The Balaban J connectivity index is 1.80. The van der Waals surface area contributed by atoms with Crippen LogP contribution >= 0.6 is 11.6 Å². The standard InChI is InChI=1S/C24H17ClF3NO/c25-18-10-11-21-17(14-18)9-8-16-5-1-2-7-20(16)22(21)13-15-4-3-6-19(12-15)29-23(30)24(26,27)28/h1-7,10-14H,8-9H2,(H,29,30). The normalized spacial score (nSPS) is 14.6. The maximum absolute atomic E-state index is 12.6. The van der Waals surface area contributed by atoms with E-state index in [4.69, 9.17) is 11.6 Å². The second-order valence-corrected chi connectivity index (χ2v) is 7.53. The number of carbonyl (C=O) groups is 1. The molecular formula is C24H17ClF3NO. The highest BCUT2D eigenvalue weighted by atomic mass is 35.5. The number of carbonyl (C=O) groups excluding carboxylic acids is 1. The first-order valence-corrected chi connectivity index (χ1v) is 9.76. The van der Waals surface area contributed by atoms with Crippen LogP contribution < -0.4 is 5.32 Å². The minimum Gasteiger partial charge on any atom is -0.318 e. The Bertz CT molecular complexity index is 1150. The number of alkyl halides is 3. The molecule has 30 heavy (non-hydrogen) atoms. The Morgan fingerprint density at radius 1 is 0.900 bits per heavy atom. The third-order valence-electron chi connectivity index (χ3n) is 5.04. The maximum atomic E-state index is 12.6. The van der Waals surface area contributed by atoms with Gasteiger partial charge in [-0.25, -0.2) is 0 Å². The second kappa shape index (κ2) is 8.00. The molecule has 6 heteroatoms. The van der Waals surface area contributed by atoms with E-state index >= 15 is 0 Å². The fourth-order valence-electron chi connectivity index (χ4n) is 3.68. The molecule has 0 saturated carbocycles. The molecule has 1 aliphatic rings. The molecule has 3 aromatic rings. The van der Waals surface area contributed by atoms with Gasteiger partial charge in [0.05, 0.1) is 0 Å². The van der Waals surface area contributed by atoms with E-state index < -0.39 is 12.1 Å². The van der Waals surface area contributed by atoms with Gasteiger partial charge in [0.25, 0.3) is 0 Å². The van der Waals surface area contributed by atoms with Crippen LogP contribution in [0.3, 0.4) is 0 Å². The van der Waals surface area contributed by atoms with Gasteiger partial charge in [-0.15, -0.1) is 0 Å². The lowest BCUT2D eigenvalue weighted by Gasteiger charge is -2.13. The SMILES string of the molecule is O=C(Nc1cccc(C=C2c3ccccc3CCc3cc(Cl)ccc32)c1)C(F)(F)F. The van der Waals surface area contributed by atoms with Gasteiger partial charge in [0.1, 0.15) is 0 Å². The van der Waals surface area contributed by atoms with Crippen LogP contribution in [0.1, 0.15) is 27.8 Å². The number of rotatable bonds is 2. The summed E-state index contributed by atoms with van der Waals surface area (Å²) in [5.74, 6) is -1.99. The van der Waals surface area contributed by atoms with E-state index in [0.29, 0.717) is 10.6 Å². The molecule has 0 unspecified atom stereocenters. The van der Waals surface area contributed by atoms with Crippen molar-refractivity contribution in [3.05, 3.63) is 99.6 Å². The minimum atomic E-state index is -4.94. The summed E-state index contributed by atoms with van der Waals surface area (Å²) >= 11 is 6.20. The van der Waals surface area contributed by atoms with E-state index in [-0.39, 0.29) is 5.69 Å². The van der Waals surface area contributed by atoms with Crippen molar-refractivity contribution in [1.82, 2.24) is 0 Å². The van der Waals surface area contributed by atoms with Crippen LogP contribution in [0.5, 0.6) is 0 Å². The number of halogens is 4. The Kier molecular flexibility index (Phi) is 5.39. The van der Waals surface area contributed by atoms with Crippen molar-refractivity contribution >= 4 is 34.8 Å². The summed E-state index contributed by atoms with van der Waals surface area (Å²) in [4.78, 5) is 11.3. The number of hydrogen-bond donors (Lipinski definition) is 1. The Morgan fingerprint density at radius 3 is 2.43 bits per heavy atom. The molecule has 0 bridgehead atoms. The van der Waals surface area contributed by atoms with Crippen molar-refractivity contribution in [1.29, 1.82) is 0 Å². The van der Waals surface area contributed by atoms with Crippen molar-refractivity contribution in [2.75, 3.05) is 5.32 Å². The van der Waals surface area contributed by atoms with Gasteiger partial charge in [0, 0.05) is 10.7 Å². The second-order valence-electron chi connectivity index (χ2n) is 7.09. The predicted octanol–water partition coefficient (Wildman–Crippen LogP) is 6.53. The van der Waals surface area contributed by atoms with Gasteiger partial charge < -0.3 is 5.32 Å². The zero-order chi connectivity index (χ0) is 21.3. The Hall–Kier alpha value is -3.05. The number of aryl methyl sites for hydroxylation is 2. The van der Waals surface area contributed by atoms with E-state index in [1.54, 1.807) is 12.1 Å². The first-order chi connectivity index (χ1) is 14.3. The number of fused-ring (bicyclic) bond motifs is 2. The van der Waals surface area contributed by atoms with E-state index in [1.165, 1.54) is 17.7 Å². The fourth-order valence-corrected chi connectivity index (χ4v) is 3.87. The molecule has 0 aliphatic heterocycles.